The van der Waals surface area contributed by atoms with Crippen molar-refractivity contribution in [3.8, 4) is 11.5 Å². The Morgan fingerprint density at radius 2 is 1.84 bits per heavy atom. The van der Waals surface area contributed by atoms with E-state index in [0.29, 0.717) is 11.4 Å². The maximum atomic E-state index is 12.5. The first kappa shape index (κ1) is 19.1. The van der Waals surface area contributed by atoms with Crippen LogP contribution in [-0.4, -0.2) is 25.5 Å². The lowest BCUT2D eigenvalue weighted by atomic mass is 10.2. The topological polar surface area (TPSA) is 119 Å². The molecular formula is C16H17BrN2O5S. The van der Waals surface area contributed by atoms with Crippen LogP contribution in [0.4, 0.5) is 5.69 Å². The van der Waals surface area contributed by atoms with Gasteiger partial charge in [0.1, 0.15) is 11.5 Å². The molecule has 134 valence electrons. The maximum Gasteiger partial charge on any atom is 0.261 e. The average Bonchev–Trinajstić information content (AvgIpc) is 2.50. The van der Waals surface area contributed by atoms with E-state index in [1.807, 2.05) is 13.8 Å². The fourth-order valence-electron chi connectivity index (χ4n) is 2.00. The number of rotatable bonds is 6. The zero-order valence-electron chi connectivity index (χ0n) is 13.5. The van der Waals surface area contributed by atoms with Crippen LogP contribution in [-0.2, 0) is 10.0 Å². The number of halogens is 1. The zero-order chi connectivity index (χ0) is 18.8. The van der Waals surface area contributed by atoms with E-state index < -0.39 is 21.7 Å². The Labute approximate surface area is 154 Å². The van der Waals surface area contributed by atoms with E-state index in [9.17, 15) is 18.3 Å². The number of carbonyl (C=O) groups is 1. The summed E-state index contributed by atoms with van der Waals surface area (Å²) in [7, 11) is -3.98. The van der Waals surface area contributed by atoms with E-state index in [0.717, 1.165) is 6.07 Å². The number of nitrogens with one attached hydrogen (secondary N) is 1. The molecule has 2 aromatic rings. The third-order valence-electron chi connectivity index (χ3n) is 3.09. The van der Waals surface area contributed by atoms with Gasteiger partial charge < -0.3 is 15.6 Å². The molecule has 0 saturated heterocycles. The van der Waals surface area contributed by atoms with Crippen LogP contribution < -0.4 is 15.2 Å². The lowest BCUT2D eigenvalue weighted by molar-refractivity contribution is 0.0997. The van der Waals surface area contributed by atoms with Crippen molar-refractivity contribution in [2.24, 2.45) is 5.73 Å². The van der Waals surface area contributed by atoms with Gasteiger partial charge in [-0.1, -0.05) is 0 Å². The fraction of sp³-hybridized carbons (Fsp3) is 0.188. The molecule has 0 fully saturated rings. The molecule has 0 radical (unpaired) electrons. The van der Waals surface area contributed by atoms with Gasteiger partial charge in [0.15, 0.2) is 0 Å². The molecule has 4 N–H and O–H groups in total. The summed E-state index contributed by atoms with van der Waals surface area (Å²) in [6.07, 6.45) is 0.00380. The van der Waals surface area contributed by atoms with Crippen molar-refractivity contribution in [1.29, 1.82) is 0 Å². The average molecular weight is 429 g/mol. The number of amides is 1. The summed E-state index contributed by atoms with van der Waals surface area (Å²) >= 11 is 3.01. The quantitative estimate of drug-likeness (QED) is 0.653. The number of hydrogen-bond acceptors (Lipinski definition) is 5. The molecule has 0 atom stereocenters. The summed E-state index contributed by atoms with van der Waals surface area (Å²) in [6, 6.07) is 8.58. The maximum absolute atomic E-state index is 12.5. The van der Waals surface area contributed by atoms with E-state index in [2.05, 4.69) is 20.7 Å². The van der Waals surface area contributed by atoms with Crippen LogP contribution in [0.2, 0.25) is 0 Å². The van der Waals surface area contributed by atoms with E-state index >= 15 is 0 Å². The standard InChI is InChI=1S/C16H17BrN2O5S/c1-9(2)24-11-5-3-10(4-6-11)19-25(22,23)12-7-13(16(18)21)15(20)14(17)8-12/h3-9,19-20H,1-2H3,(H2,18,21). The second kappa shape index (κ2) is 7.32. The van der Waals surface area contributed by atoms with Crippen LogP contribution in [0.5, 0.6) is 11.5 Å². The minimum atomic E-state index is -3.98. The van der Waals surface area contributed by atoms with Gasteiger partial charge in [0.25, 0.3) is 15.9 Å². The molecular weight excluding hydrogens is 412 g/mol. The number of ether oxygens (including phenoxy) is 1. The third kappa shape index (κ3) is 4.64. The molecule has 0 heterocycles. The summed E-state index contributed by atoms with van der Waals surface area (Å²) in [5, 5.41) is 9.77. The Balaban J connectivity index is 2.32. The summed E-state index contributed by atoms with van der Waals surface area (Å²) in [5.41, 5.74) is 5.18. The highest BCUT2D eigenvalue weighted by Crippen LogP contribution is 2.31. The predicted molar refractivity (Wildman–Crippen MR) is 97.3 cm³/mol. The van der Waals surface area contributed by atoms with E-state index in [-0.39, 0.29) is 21.0 Å². The number of benzene rings is 2. The predicted octanol–water partition coefficient (Wildman–Crippen LogP) is 2.84. The molecule has 0 aliphatic heterocycles. The molecule has 0 spiro atoms. The number of anilines is 1. The second-order valence-corrected chi connectivity index (χ2v) is 8.00. The van der Waals surface area contributed by atoms with Crippen molar-refractivity contribution in [1.82, 2.24) is 0 Å². The van der Waals surface area contributed by atoms with Gasteiger partial charge in [-0.2, -0.15) is 0 Å². The second-order valence-electron chi connectivity index (χ2n) is 5.46. The number of carbonyl (C=O) groups excluding carboxylic acids is 1. The molecule has 1 amide bonds. The SMILES string of the molecule is CC(C)Oc1ccc(NS(=O)(=O)c2cc(Br)c(O)c(C(N)=O)c2)cc1. The highest BCUT2D eigenvalue weighted by atomic mass is 79.9. The molecule has 0 aliphatic carbocycles. The van der Waals surface area contributed by atoms with Crippen molar-refractivity contribution in [3.63, 3.8) is 0 Å². The van der Waals surface area contributed by atoms with E-state index in [4.69, 9.17) is 10.5 Å². The molecule has 0 aliphatic rings. The first-order valence-corrected chi connectivity index (χ1v) is 9.49. The first-order valence-electron chi connectivity index (χ1n) is 7.22. The Hall–Kier alpha value is -2.26. The van der Waals surface area contributed by atoms with Gasteiger partial charge in [-0.15, -0.1) is 0 Å². The summed E-state index contributed by atoms with van der Waals surface area (Å²) < 4.78 is 32.9. The monoisotopic (exact) mass is 428 g/mol. The lowest BCUT2D eigenvalue weighted by Gasteiger charge is -2.12. The smallest absolute Gasteiger partial charge is 0.261 e. The van der Waals surface area contributed by atoms with Crippen LogP contribution in [0.15, 0.2) is 45.8 Å². The molecule has 0 unspecified atom stereocenters. The van der Waals surface area contributed by atoms with Crippen molar-refractivity contribution < 1.29 is 23.1 Å². The minimum absolute atomic E-state index is 0.00380. The van der Waals surface area contributed by atoms with Gasteiger partial charge in [0.05, 0.1) is 21.0 Å². The molecule has 25 heavy (non-hydrogen) atoms. The van der Waals surface area contributed by atoms with Crippen LogP contribution in [0.1, 0.15) is 24.2 Å². The largest absolute Gasteiger partial charge is 0.506 e. The van der Waals surface area contributed by atoms with Gasteiger partial charge in [0, 0.05) is 5.69 Å². The Morgan fingerprint density at radius 1 is 1.24 bits per heavy atom. The number of sulfonamides is 1. The molecule has 9 heteroatoms. The van der Waals surface area contributed by atoms with Crippen molar-refractivity contribution >= 4 is 37.5 Å². The van der Waals surface area contributed by atoms with E-state index in [1.165, 1.54) is 6.07 Å². The Bertz CT molecular complexity index is 895. The highest BCUT2D eigenvalue weighted by Gasteiger charge is 2.21. The van der Waals surface area contributed by atoms with Crippen LogP contribution in [0, 0.1) is 0 Å². The molecule has 0 bridgehead atoms. The molecule has 7 nitrogen and oxygen atoms in total. The molecule has 2 rings (SSSR count). The van der Waals surface area contributed by atoms with Crippen LogP contribution in [0.25, 0.3) is 0 Å². The number of aromatic hydroxyl groups is 1. The number of primary amides is 1. The molecule has 0 saturated carbocycles. The highest BCUT2D eigenvalue weighted by molar-refractivity contribution is 9.10. The number of hydrogen-bond donors (Lipinski definition) is 3. The van der Waals surface area contributed by atoms with Gasteiger partial charge >= 0.3 is 0 Å². The van der Waals surface area contributed by atoms with Gasteiger partial charge in [-0.3, -0.25) is 9.52 Å². The zero-order valence-corrected chi connectivity index (χ0v) is 15.9. The fourth-order valence-corrected chi connectivity index (χ4v) is 3.73. The lowest BCUT2D eigenvalue weighted by Crippen LogP contribution is -2.16. The summed E-state index contributed by atoms with van der Waals surface area (Å²) in [5.74, 6) is -0.742. The van der Waals surface area contributed by atoms with E-state index in [1.54, 1.807) is 24.3 Å². The molecule has 0 aromatic heterocycles. The third-order valence-corrected chi connectivity index (χ3v) is 5.06. The normalized spacial score (nSPS) is 11.4. The Kier molecular flexibility index (Phi) is 5.58. The van der Waals surface area contributed by atoms with Crippen molar-refractivity contribution in [2.75, 3.05) is 4.72 Å². The van der Waals surface area contributed by atoms with Crippen molar-refractivity contribution in [3.05, 3.63) is 46.4 Å². The van der Waals surface area contributed by atoms with Gasteiger partial charge in [0.2, 0.25) is 0 Å². The number of nitrogens with two attached hydrogens (primary N) is 1. The van der Waals surface area contributed by atoms with Crippen LogP contribution in [0.3, 0.4) is 0 Å². The molecule has 2 aromatic carbocycles. The van der Waals surface area contributed by atoms with Gasteiger partial charge in [-0.25, -0.2) is 8.42 Å². The summed E-state index contributed by atoms with van der Waals surface area (Å²) in [6.45, 7) is 3.77. The van der Waals surface area contributed by atoms with Crippen LogP contribution >= 0.6 is 15.9 Å². The minimum Gasteiger partial charge on any atom is -0.506 e. The number of phenols is 1. The Morgan fingerprint density at radius 3 is 2.36 bits per heavy atom. The van der Waals surface area contributed by atoms with Gasteiger partial charge in [-0.05, 0) is 66.2 Å². The van der Waals surface area contributed by atoms with Crippen molar-refractivity contribution in [2.45, 2.75) is 24.8 Å². The summed E-state index contributed by atoms with van der Waals surface area (Å²) in [4.78, 5) is 11.1. The first-order chi connectivity index (χ1) is 11.6.